The van der Waals surface area contributed by atoms with Gasteiger partial charge in [-0.25, -0.2) is 4.79 Å². The molecule has 0 saturated carbocycles. The van der Waals surface area contributed by atoms with Gasteiger partial charge in [-0.1, -0.05) is 13.8 Å². The van der Waals surface area contributed by atoms with Crippen LogP contribution in [0.15, 0.2) is 0 Å². The topological polar surface area (TPSA) is 62.1 Å². The van der Waals surface area contributed by atoms with Gasteiger partial charge >= 0.3 is 6.09 Å². The van der Waals surface area contributed by atoms with E-state index < -0.39 is 11.7 Å². The second-order valence-electron chi connectivity index (χ2n) is 4.86. The van der Waals surface area contributed by atoms with Crippen molar-refractivity contribution in [3.8, 4) is 6.07 Å². The van der Waals surface area contributed by atoms with E-state index in [9.17, 15) is 4.79 Å². The Morgan fingerprint density at radius 1 is 1.47 bits per heavy atom. The van der Waals surface area contributed by atoms with Gasteiger partial charge < -0.3 is 10.1 Å². The van der Waals surface area contributed by atoms with Crippen LogP contribution in [0.2, 0.25) is 0 Å². The lowest BCUT2D eigenvalue weighted by molar-refractivity contribution is 0.0520. The first-order valence-corrected chi connectivity index (χ1v) is 5.12. The molecular weight excluding hydrogens is 192 g/mol. The number of hydrogen-bond acceptors (Lipinski definition) is 3. The molecule has 0 spiro atoms. The molecule has 1 amide bonds. The second kappa shape index (κ2) is 5.59. The van der Waals surface area contributed by atoms with E-state index in [0.717, 1.165) is 0 Å². The van der Waals surface area contributed by atoms with Crippen molar-refractivity contribution in [2.75, 3.05) is 6.54 Å². The van der Waals surface area contributed by atoms with E-state index in [0.29, 0.717) is 6.54 Å². The minimum atomic E-state index is -0.496. The minimum Gasteiger partial charge on any atom is -0.444 e. The van der Waals surface area contributed by atoms with Crippen LogP contribution in [0, 0.1) is 23.2 Å². The number of nitriles is 1. The molecule has 1 atom stereocenters. The molecular formula is C11H20N2O2. The molecule has 0 aromatic heterocycles. The summed E-state index contributed by atoms with van der Waals surface area (Å²) < 4.78 is 5.05. The van der Waals surface area contributed by atoms with Gasteiger partial charge in [-0.2, -0.15) is 5.26 Å². The fourth-order valence-electron chi connectivity index (χ4n) is 0.938. The molecule has 0 aliphatic rings. The molecule has 1 N–H and O–H groups in total. The zero-order chi connectivity index (χ0) is 12.1. The Morgan fingerprint density at radius 3 is 2.33 bits per heavy atom. The van der Waals surface area contributed by atoms with E-state index in [1.807, 2.05) is 13.8 Å². The molecule has 0 saturated heterocycles. The molecule has 4 nitrogen and oxygen atoms in total. The third-order valence-corrected chi connectivity index (χ3v) is 1.84. The molecule has 86 valence electrons. The van der Waals surface area contributed by atoms with Crippen LogP contribution in [0.25, 0.3) is 0 Å². The van der Waals surface area contributed by atoms with E-state index in [2.05, 4.69) is 11.4 Å². The lowest BCUT2D eigenvalue weighted by atomic mass is 9.98. The van der Waals surface area contributed by atoms with Crippen LogP contribution in [-0.4, -0.2) is 18.2 Å². The Kier molecular flexibility index (Phi) is 5.13. The van der Waals surface area contributed by atoms with Gasteiger partial charge in [0.1, 0.15) is 5.60 Å². The third-order valence-electron chi connectivity index (χ3n) is 1.84. The standard InChI is InChI=1S/C11H20N2O2/c1-8(2)9(6-12)7-13-10(14)15-11(3,4)5/h8-9H,7H2,1-5H3,(H,13,14). The predicted molar refractivity (Wildman–Crippen MR) is 58.2 cm³/mol. The van der Waals surface area contributed by atoms with E-state index in [1.165, 1.54) is 0 Å². The molecule has 0 aromatic carbocycles. The minimum absolute atomic E-state index is 0.169. The molecule has 0 heterocycles. The van der Waals surface area contributed by atoms with Crippen molar-refractivity contribution in [2.45, 2.75) is 40.2 Å². The molecule has 0 aliphatic carbocycles. The molecule has 0 radical (unpaired) electrons. The predicted octanol–water partition coefficient (Wildman–Crippen LogP) is 2.31. The third kappa shape index (κ3) is 6.78. The number of nitrogens with zero attached hydrogens (tertiary/aromatic N) is 1. The molecule has 0 aromatic rings. The van der Waals surface area contributed by atoms with Crippen molar-refractivity contribution in [3.05, 3.63) is 0 Å². The smallest absolute Gasteiger partial charge is 0.407 e. The molecule has 0 rings (SSSR count). The maximum Gasteiger partial charge on any atom is 0.407 e. The summed E-state index contributed by atoms with van der Waals surface area (Å²) in [6, 6.07) is 2.15. The van der Waals surface area contributed by atoms with Crippen LogP contribution in [-0.2, 0) is 4.74 Å². The summed E-state index contributed by atoms with van der Waals surface area (Å²) in [5.74, 6) is 0.0578. The van der Waals surface area contributed by atoms with Crippen LogP contribution in [0.5, 0.6) is 0 Å². The van der Waals surface area contributed by atoms with Crippen LogP contribution >= 0.6 is 0 Å². The van der Waals surface area contributed by atoms with Gasteiger partial charge in [0.25, 0.3) is 0 Å². The first-order chi connectivity index (χ1) is 6.76. The summed E-state index contributed by atoms with van der Waals surface area (Å²) in [6.45, 7) is 9.64. The lowest BCUT2D eigenvalue weighted by Gasteiger charge is -2.21. The Balaban J connectivity index is 3.96. The van der Waals surface area contributed by atoms with Crippen molar-refractivity contribution < 1.29 is 9.53 Å². The number of hydrogen-bond donors (Lipinski definition) is 1. The average Bonchev–Trinajstić information content (AvgIpc) is 2.01. The van der Waals surface area contributed by atoms with Crippen molar-refractivity contribution in [1.29, 1.82) is 5.26 Å². The highest BCUT2D eigenvalue weighted by Gasteiger charge is 2.18. The van der Waals surface area contributed by atoms with Crippen molar-refractivity contribution in [2.24, 2.45) is 11.8 Å². The monoisotopic (exact) mass is 212 g/mol. The van der Waals surface area contributed by atoms with Crippen LogP contribution in [0.4, 0.5) is 4.79 Å². The van der Waals surface area contributed by atoms with Gasteiger partial charge in [0, 0.05) is 6.54 Å². The van der Waals surface area contributed by atoms with Gasteiger partial charge in [0.15, 0.2) is 0 Å². The largest absolute Gasteiger partial charge is 0.444 e. The fraction of sp³-hybridized carbons (Fsp3) is 0.818. The van der Waals surface area contributed by atoms with Crippen LogP contribution in [0.1, 0.15) is 34.6 Å². The van der Waals surface area contributed by atoms with Crippen LogP contribution < -0.4 is 5.32 Å². The number of nitrogens with one attached hydrogen (secondary N) is 1. The fourth-order valence-corrected chi connectivity index (χ4v) is 0.938. The Morgan fingerprint density at radius 2 is 2.00 bits per heavy atom. The van der Waals surface area contributed by atoms with Crippen LogP contribution in [0.3, 0.4) is 0 Å². The number of carbonyl (C=O) groups is 1. The van der Waals surface area contributed by atoms with Gasteiger partial charge in [0.2, 0.25) is 0 Å². The summed E-state index contributed by atoms with van der Waals surface area (Å²) in [5.41, 5.74) is -0.496. The first kappa shape index (κ1) is 13.8. The SMILES string of the molecule is CC(C)C(C#N)CNC(=O)OC(C)(C)C. The molecule has 0 aliphatic heterocycles. The average molecular weight is 212 g/mol. The number of amides is 1. The van der Waals surface area contributed by atoms with E-state index in [1.54, 1.807) is 20.8 Å². The normalized spacial score (nSPS) is 13.1. The maximum absolute atomic E-state index is 11.3. The second-order valence-corrected chi connectivity index (χ2v) is 4.86. The van der Waals surface area contributed by atoms with Gasteiger partial charge in [-0.15, -0.1) is 0 Å². The van der Waals surface area contributed by atoms with E-state index in [-0.39, 0.29) is 11.8 Å². The zero-order valence-corrected chi connectivity index (χ0v) is 10.1. The van der Waals surface area contributed by atoms with E-state index >= 15 is 0 Å². The Hall–Kier alpha value is -1.24. The van der Waals surface area contributed by atoms with Gasteiger partial charge in [-0.05, 0) is 26.7 Å². The molecule has 0 bridgehead atoms. The van der Waals surface area contributed by atoms with Crippen molar-refractivity contribution in [1.82, 2.24) is 5.32 Å². The van der Waals surface area contributed by atoms with Crippen molar-refractivity contribution in [3.63, 3.8) is 0 Å². The van der Waals surface area contributed by atoms with Crippen molar-refractivity contribution >= 4 is 6.09 Å². The summed E-state index contributed by atoms with van der Waals surface area (Å²) in [4.78, 5) is 11.3. The highest BCUT2D eigenvalue weighted by Crippen LogP contribution is 2.09. The lowest BCUT2D eigenvalue weighted by Crippen LogP contribution is -2.36. The summed E-state index contributed by atoms with van der Waals surface area (Å²) >= 11 is 0. The quantitative estimate of drug-likeness (QED) is 0.780. The summed E-state index contributed by atoms with van der Waals surface area (Å²) in [6.07, 6.45) is -0.469. The van der Waals surface area contributed by atoms with E-state index in [4.69, 9.17) is 10.00 Å². The van der Waals surface area contributed by atoms with Gasteiger partial charge in [-0.3, -0.25) is 0 Å². The molecule has 15 heavy (non-hydrogen) atoms. The number of ether oxygens (including phenoxy) is 1. The number of carbonyl (C=O) groups excluding carboxylic acids is 1. The Labute approximate surface area is 91.6 Å². The number of rotatable bonds is 3. The summed E-state index contributed by atoms with van der Waals surface area (Å²) in [5, 5.41) is 11.4. The van der Waals surface area contributed by atoms with Gasteiger partial charge in [0.05, 0.1) is 12.0 Å². The molecule has 4 heteroatoms. The summed E-state index contributed by atoms with van der Waals surface area (Å²) in [7, 11) is 0. The zero-order valence-electron chi connectivity index (χ0n) is 10.1. The molecule has 0 fully saturated rings. The Bertz CT molecular complexity index is 248. The molecule has 1 unspecified atom stereocenters. The highest BCUT2D eigenvalue weighted by atomic mass is 16.6. The number of alkyl carbamates (subject to hydrolysis) is 1. The maximum atomic E-state index is 11.3. The first-order valence-electron chi connectivity index (χ1n) is 5.12. The highest BCUT2D eigenvalue weighted by molar-refractivity contribution is 5.67.